The Morgan fingerprint density at radius 2 is 1.88 bits per heavy atom. The Kier molecular flexibility index (Phi) is 4.85. The zero-order valence-corrected chi connectivity index (χ0v) is 19.2. The number of aryl methyl sites for hydroxylation is 1. The van der Waals surface area contributed by atoms with Crippen LogP contribution in [0.15, 0.2) is 30.3 Å². The fraction of sp³-hybridized carbons (Fsp3) is 0.577. The predicted octanol–water partition coefficient (Wildman–Crippen LogP) is 4.37. The molecule has 3 N–H and O–H groups in total. The van der Waals surface area contributed by atoms with Gasteiger partial charge >= 0.3 is 0 Å². The molecule has 1 aromatic heterocycles. The molecular weight excluding hydrogens is 398 g/mol. The van der Waals surface area contributed by atoms with Crippen molar-refractivity contribution in [1.29, 1.82) is 5.26 Å². The summed E-state index contributed by atoms with van der Waals surface area (Å²) in [4.78, 5) is 13.4. The standard InChI is InChI=1S/C26H33N5O/c1-24-11-18-12-25(2,15-24)17-26(13-18,16-24)23(32)29-10-6-9-21-20(14-27)22(28)31(30-21)19-7-4-3-5-8-19/h3-5,7-8,18H,6,9-13,15-17,28H2,1-2H3,(H,29,32). The second kappa shape index (κ2) is 7.37. The monoisotopic (exact) mass is 431 g/mol. The number of nitrogen functional groups attached to an aromatic ring is 1. The lowest BCUT2D eigenvalue weighted by Crippen LogP contribution is -2.59. The number of carbonyl (C=O) groups excluding carboxylic acids is 1. The van der Waals surface area contributed by atoms with E-state index in [0.29, 0.717) is 46.8 Å². The first kappa shape index (κ1) is 21.1. The summed E-state index contributed by atoms with van der Waals surface area (Å²) in [7, 11) is 0. The van der Waals surface area contributed by atoms with Gasteiger partial charge in [-0.3, -0.25) is 4.79 Å². The quantitative estimate of drug-likeness (QED) is 0.664. The van der Waals surface area contributed by atoms with Crippen molar-refractivity contribution in [3.8, 4) is 11.8 Å². The fourth-order valence-electron chi connectivity index (χ4n) is 7.89. The summed E-state index contributed by atoms with van der Waals surface area (Å²) in [5, 5.41) is 17.4. The number of hydrogen-bond donors (Lipinski definition) is 2. The van der Waals surface area contributed by atoms with Gasteiger partial charge in [-0.2, -0.15) is 10.4 Å². The molecule has 0 aliphatic heterocycles. The Bertz CT molecular complexity index is 1060. The molecule has 1 heterocycles. The number of nitrogens with zero attached hydrogens (tertiary/aromatic N) is 3. The van der Waals surface area contributed by atoms with Gasteiger partial charge in [0.1, 0.15) is 17.5 Å². The molecule has 6 rings (SSSR count). The Balaban J connectivity index is 1.23. The maximum Gasteiger partial charge on any atom is 0.226 e. The van der Waals surface area contributed by atoms with E-state index in [9.17, 15) is 10.1 Å². The van der Waals surface area contributed by atoms with E-state index in [2.05, 4.69) is 30.3 Å². The van der Waals surface area contributed by atoms with Gasteiger partial charge in [0.2, 0.25) is 5.91 Å². The lowest BCUT2D eigenvalue weighted by molar-refractivity contribution is -0.170. The average Bonchev–Trinajstić information content (AvgIpc) is 3.04. The zero-order valence-electron chi connectivity index (χ0n) is 19.2. The lowest BCUT2D eigenvalue weighted by atomic mass is 9.40. The number of aromatic nitrogens is 2. The minimum Gasteiger partial charge on any atom is -0.382 e. The molecule has 6 heteroatoms. The highest BCUT2D eigenvalue weighted by molar-refractivity contribution is 5.83. The fourth-order valence-corrected chi connectivity index (χ4v) is 7.89. The first-order valence-electron chi connectivity index (χ1n) is 11.9. The molecule has 1 amide bonds. The summed E-state index contributed by atoms with van der Waals surface area (Å²) in [6.07, 6.45) is 8.33. The van der Waals surface area contributed by atoms with Crippen molar-refractivity contribution in [3.63, 3.8) is 0 Å². The van der Waals surface area contributed by atoms with Crippen LogP contribution in [0.2, 0.25) is 0 Å². The van der Waals surface area contributed by atoms with Gasteiger partial charge < -0.3 is 11.1 Å². The first-order valence-corrected chi connectivity index (χ1v) is 11.9. The van der Waals surface area contributed by atoms with Crippen molar-refractivity contribution in [2.45, 2.75) is 65.2 Å². The molecule has 32 heavy (non-hydrogen) atoms. The van der Waals surface area contributed by atoms with Gasteiger partial charge in [-0.25, -0.2) is 4.68 Å². The third-order valence-electron chi connectivity index (χ3n) is 8.09. The van der Waals surface area contributed by atoms with Gasteiger partial charge in [-0.1, -0.05) is 32.0 Å². The van der Waals surface area contributed by atoms with Gasteiger partial charge in [0.05, 0.1) is 16.8 Å². The summed E-state index contributed by atoms with van der Waals surface area (Å²) in [6.45, 7) is 5.39. The second-order valence-corrected chi connectivity index (χ2v) is 11.3. The van der Waals surface area contributed by atoms with Crippen LogP contribution in [0, 0.1) is 33.5 Å². The van der Waals surface area contributed by atoms with Crippen LogP contribution in [0.25, 0.3) is 5.69 Å². The number of hydrogen-bond acceptors (Lipinski definition) is 4. The van der Waals surface area contributed by atoms with Crippen LogP contribution in [0.3, 0.4) is 0 Å². The summed E-state index contributed by atoms with van der Waals surface area (Å²) < 4.78 is 1.63. The Hall–Kier alpha value is -2.81. The largest absolute Gasteiger partial charge is 0.382 e. The van der Waals surface area contributed by atoms with Crippen molar-refractivity contribution < 1.29 is 4.79 Å². The Morgan fingerprint density at radius 1 is 1.19 bits per heavy atom. The van der Waals surface area contributed by atoms with E-state index in [4.69, 9.17) is 5.73 Å². The predicted molar refractivity (Wildman–Crippen MR) is 124 cm³/mol. The van der Waals surface area contributed by atoms with E-state index in [0.717, 1.165) is 31.4 Å². The van der Waals surface area contributed by atoms with Crippen LogP contribution in [-0.4, -0.2) is 22.2 Å². The number of nitrogens with two attached hydrogens (primary N) is 1. The van der Waals surface area contributed by atoms with Crippen molar-refractivity contribution >= 4 is 11.7 Å². The molecule has 168 valence electrons. The summed E-state index contributed by atoms with van der Waals surface area (Å²) in [5.41, 5.74) is 8.64. The normalized spacial score (nSPS) is 32.6. The number of anilines is 1. The third-order valence-corrected chi connectivity index (χ3v) is 8.09. The number of rotatable bonds is 6. The lowest BCUT2D eigenvalue weighted by Gasteiger charge is -2.64. The van der Waals surface area contributed by atoms with Crippen LogP contribution in [0.1, 0.15) is 70.1 Å². The average molecular weight is 432 g/mol. The summed E-state index contributed by atoms with van der Waals surface area (Å²) in [6, 6.07) is 11.8. The Labute approximate surface area is 190 Å². The van der Waals surface area contributed by atoms with Crippen molar-refractivity contribution in [2.24, 2.45) is 22.2 Å². The molecule has 1 aromatic carbocycles. The van der Waals surface area contributed by atoms with E-state index >= 15 is 0 Å². The second-order valence-electron chi connectivity index (χ2n) is 11.3. The van der Waals surface area contributed by atoms with Crippen LogP contribution < -0.4 is 11.1 Å². The van der Waals surface area contributed by atoms with E-state index in [1.54, 1.807) is 4.68 Å². The minimum absolute atomic E-state index is 0.181. The molecular formula is C26H33N5O. The SMILES string of the molecule is CC12CC3CC(C)(C1)CC(C(=O)NCCCc1nn(-c4ccccc4)c(N)c1C#N)(C3)C2. The smallest absolute Gasteiger partial charge is 0.226 e. The molecule has 4 saturated carbocycles. The van der Waals surface area contributed by atoms with Gasteiger partial charge in [0, 0.05) is 6.54 Å². The molecule has 2 aromatic rings. The van der Waals surface area contributed by atoms with E-state index in [1.165, 1.54) is 19.3 Å². The molecule has 0 spiro atoms. The third kappa shape index (κ3) is 3.48. The minimum atomic E-state index is -0.181. The molecule has 0 radical (unpaired) electrons. The van der Waals surface area contributed by atoms with E-state index in [1.807, 2.05) is 30.3 Å². The number of para-hydroxylation sites is 1. The van der Waals surface area contributed by atoms with Gasteiger partial charge in [-0.15, -0.1) is 0 Å². The molecule has 0 saturated heterocycles. The van der Waals surface area contributed by atoms with Crippen LogP contribution >= 0.6 is 0 Å². The van der Waals surface area contributed by atoms with Crippen molar-refractivity contribution in [3.05, 3.63) is 41.6 Å². The molecule has 2 atom stereocenters. The highest BCUT2D eigenvalue weighted by Crippen LogP contribution is 2.69. The zero-order chi connectivity index (χ0) is 22.6. The highest BCUT2D eigenvalue weighted by atomic mass is 16.2. The van der Waals surface area contributed by atoms with Gasteiger partial charge in [-0.05, 0) is 80.2 Å². The number of nitriles is 1. The highest BCUT2D eigenvalue weighted by Gasteiger charge is 2.62. The Morgan fingerprint density at radius 3 is 2.50 bits per heavy atom. The molecule has 4 aliphatic rings. The van der Waals surface area contributed by atoms with Gasteiger partial charge in [0.15, 0.2) is 0 Å². The van der Waals surface area contributed by atoms with Crippen LogP contribution in [0.4, 0.5) is 5.82 Å². The maximum absolute atomic E-state index is 13.4. The summed E-state index contributed by atoms with van der Waals surface area (Å²) >= 11 is 0. The maximum atomic E-state index is 13.4. The molecule has 6 nitrogen and oxygen atoms in total. The van der Waals surface area contributed by atoms with Crippen molar-refractivity contribution in [2.75, 3.05) is 12.3 Å². The van der Waals surface area contributed by atoms with Gasteiger partial charge in [0.25, 0.3) is 0 Å². The van der Waals surface area contributed by atoms with E-state index in [-0.39, 0.29) is 11.3 Å². The van der Waals surface area contributed by atoms with Crippen LogP contribution in [0.5, 0.6) is 0 Å². The molecule has 2 unspecified atom stereocenters. The summed E-state index contributed by atoms with van der Waals surface area (Å²) in [5.74, 6) is 1.32. The molecule has 4 bridgehead atoms. The molecule has 4 fully saturated rings. The number of benzene rings is 1. The van der Waals surface area contributed by atoms with Crippen molar-refractivity contribution in [1.82, 2.24) is 15.1 Å². The van der Waals surface area contributed by atoms with Crippen LogP contribution in [-0.2, 0) is 11.2 Å². The van der Waals surface area contributed by atoms with E-state index < -0.39 is 0 Å². The number of nitrogens with one attached hydrogen (secondary N) is 1. The number of amides is 1. The first-order chi connectivity index (χ1) is 15.2. The topological polar surface area (TPSA) is 96.7 Å². The number of carbonyl (C=O) groups is 1. The molecule has 4 aliphatic carbocycles.